The van der Waals surface area contributed by atoms with E-state index in [1.807, 2.05) is 66.7 Å². The summed E-state index contributed by atoms with van der Waals surface area (Å²) < 4.78 is 3.79. The molecule has 6 heteroatoms. The molecular weight excluding hydrogens is 302 g/mol. The summed E-state index contributed by atoms with van der Waals surface area (Å²) in [6, 6.07) is 9.54. The number of benzene rings is 1. The maximum absolute atomic E-state index is 12.6. The third-order valence-corrected chi connectivity index (χ3v) is 4.01. The lowest BCUT2D eigenvalue weighted by Gasteiger charge is -2.17. The van der Waals surface area contributed by atoms with Crippen LogP contribution in [0, 0.1) is 13.8 Å². The second kappa shape index (κ2) is 6.31. The molecular formula is C18H21N5O. The standard InChI is InChI=1S/C18H21N5O/c1-13-11-14(2)23(20-13)16-7-5-15(6-8-16)18(24)22(4)12-17-19-9-10-21(17)3/h5-11H,12H2,1-4H3. The van der Waals surface area contributed by atoms with E-state index in [0.29, 0.717) is 12.1 Å². The Morgan fingerprint density at radius 3 is 2.46 bits per heavy atom. The van der Waals surface area contributed by atoms with Gasteiger partial charge in [0.1, 0.15) is 5.82 Å². The fraction of sp³-hybridized carbons (Fsp3) is 0.278. The van der Waals surface area contributed by atoms with Crippen LogP contribution >= 0.6 is 0 Å². The predicted molar refractivity (Wildman–Crippen MR) is 92.0 cm³/mol. The van der Waals surface area contributed by atoms with Crippen molar-refractivity contribution in [1.29, 1.82) is 0 Å². The van der Waals surface area contributed by atoms with Gasteiger partial charge in [-0.25, -0.2) is 9.67 Å². The third kappa shape index (κ3) is 3.08. The molecule has 0 saturated carbocycles. The Bertz CT molecular complexity index is 860. The van der Waals surface area contributed by atoms with E-state index < -0.39 is 0 Å². The largest absolute Gasteiger partial charge is 0.337 e. The molecule has 24 heavy (non-hydrogen) atoms. The molecule has 0 unspecified atom stereocenters. The second-order valence-corrected chi connectivity index (χ2v) is 6.00. The van der Waals surface area contributed by atoms with Gasteiger partial charge in [-0.1, -0.05) is 0 Å². The minimum Gasteiger partial charge on any atom is -0.337 e. The monoisotopic (exact) mass is 323 g/mol. The molecule has 1 aromatic carbocycles. The van der Waals surface area contributed by atoms with Crippen LogP contribution in [0.3, 0.4) is 0 Å². The summed E-state index contributed by atoms with van der Waals surface area (Å²) in [5.74, 6) is 0.822. The Balaban J connectivity index is 1.76. The molecule has 0 bridgehead atoms. The summed E-state index contributed by atoms with van der Waals surface area (Å²) in [7, 11) is 3.70. The summed E-state index contributed by atoms with van der Waals surface area (Å²) in [5, 5.41) is 4.46. The first-order chi connectivity index (χ1) is 11.5. The number of imidazole rings is 1. The lowest BCUT2D eigenvalue weighted by atomic mass is 10.2. The zero-order valence-electron chi connectivity index (χ0n) is 14.4. The van der Waals surface area contributed by atoms with E-state index >= 15 is 0 Å². The smallest absolute Gasteiger partial charge is 0.254 e. The molecule has 3 aromatic rings. The molecule has 0 fully saturated rings. The van der Waals surface area contributed by atoms with E-state index in [1.54, 1.807) is 18.1 Å². The molecule has 0 aliphatic rings. The first kappa shape index (κ1) is 16.0. The molecule has 0 atom stereocenters. The van der Waals surface area contributed by atoms with Crippen molar-refractivity contribution in [3.63, 3.8) is 0 Å². The Labute approximate surface area is 141 Å². The predicted octanol–water partition coefficient (Wildman–Crippen LogP) is 2.49. The molecule has 0 aliphatic carbocycles. The summed E-state index contributed by atoms with van der Waals surface area (Å²) in [6.45, 7) is 4.45. The molecule has 0 saturated heterocycles. The Morgan fingerprint density at radius 2 is 1.92 bits per heavy atom. The van der Waals surface area contributed by atoms with Gasteiger partial charge in [-0.15, -0.1) is 0 Å². The van der Waals surface area contributed by atoms with Gasteiger partial charge in [0, 0.05) is 37.7 Å². The molecule has 3 rings (SSSR count). The minimum atomic E-state index is -0.0297. The number of hydrogen-bond acceptors (Lipinski definition) is 3. The van der Waals surface area contributed by atoms with Gasteiger partial charge in [-0.2, -0.15) is 5.10 Å². The van der Waals surface area contributed by atoms with E-state index in [4.69, 9.17) is 0 Å². The van der Waals surface area contributed by atoms with Crippen molar-refractivity contribution in [1.82, 2.24) is 24.2 Å². The number of carbonyl (C=O) groups excluding carboxylic acids is 1. The zero-order chi connectivity index (χ0) is 17.3. The summed E-state index contributed by atoms with van der Waals surface area (Å²) in [5.41, 5.74) is 3.64. The molecule has 124 valence electrons. The second-order valence-electron chi connectivity index (χ2n) is 6.00. The first-order valence-corrected chi connectivity index (χ1v) is 7.81. The van der Waals surface area contributed by atoms with Crippen molar-refractivity contribution >= 4 is 5.91 Å². The van der Waals surface area contributed by atoms with Crippen LogP contribution in [0.15, 0.2) is 42.7 Å². The van der Waals surface area contributed by atoms with Crippen LogP contribution in [-0.2, 0) is 13.6 Å². The highest BCUT2D eigenvalue weighted by molar-refractivity contribution is 5.94. The molecule has 2 heterocycles. The van der Waals surface area contributed by atoms with Gasteiger partial charge >= 0.3 is 0 Å². The van der Waals surface area contributed by atoms with E-state index in [-0.39, 0.29) is 5.91 Å². The lowest BCUT2D eigenvalue weighted by Crippen LogP contribution is -2.27. The highest BCUT2D eigenvalue weighted by atomic mass is 16.2. The molecule has 0 spiro atoms. The summed E-state index contributed by atoms with van der Waals surface area (Å²) in [6.07, 6.45) is 3.60. The van der Waals surface area contributed by atoms with Gasteiger partial charge in [-0.3, -0.25) is 4.79 Å². The highest BCUT2D eigenvalue weighted by Gasteiger charge is 2.14. The van der Waals surface area contributed by atoms with E-state index in [2.05, 4.69) is 10.1 Å². The number of aryl methyl sites for hydroxylation is 3. The molecule has 6 nitrogen and oxygen atoms in total. The fourth-order valence-electron chi connectivity index (χ4n) is 2.69. The maximum Gasteiger partial charge on any atom is 0.254 e. The van der Waals surface area contributed by atoms with Crippen molar-refractivity contribution in [2.75, 3.05) is 7.05 Å². The Morgan fingerprint density at radius 1 is 1.21 bits per heavy atom. The number of amides is 1. The number of hydrogen-bond donors (Lipinski definition) is 0. The van der Waals surface area contributed by atoms with Crippen molar-refractivity contribution < 1.29 is 4.79 Å². The van der Waals surface area contributed by atoms with Gasteiger partial charge in [0.2, 0.25) is 0 Å². The summed E-state index contributed by atoms with van der Waals surface area (Å²) in [4.78, 5) is 18.5. The molecule has 0 radical (unpaired) electrons. The van der Waals surface area contributed by atoms with Crippen molar-refractivity contribution in [3.8, 4) is 5.69 Å². The first-order valence-electron chi connectivity index (χ1n) is 7.81. The van der Waals surface area contributed by atoms with Gasteiger partial charge < -0.3 is 9.47 Å². The average Bonchev–Trinajstić information content (AvgIpc) is 3.12. The molecule has 0 aliphatic heterocycles. The van der Waals surface area contributed by atoms with Crippen molar-refractivity contribution in [3.05, 3.63) is 65.5 Å². The number of rotatable bonds is 4. The van der Waals surface area contributed by atoms with E-state index in [0.717, 1.165) is 22.9 Å². The van der Waals surface area contributed by atoms with Crippen molar-refractivity contribution in [2.45, 2.75) is 20.4 Å². The van der Waals surface area contributed by atoms with Gasteiger partial charge in [0.15, 0.2) is 0 Å². The Kier molecular flexibility index (Phi) is 4.20. The quantitative estimate of drug-likeness (QED) is 0.741. The van der Waals surface area contributed by atoms with Crippen molar-refractivity contribution in [2.24, 2.45) is 7.05 Å². The third-order valence-electron chi connectivity index (χ3n) is 4.01. The van der Waals surface area contributed by atoms with Crippen LogP contribution in [0.4, 0.5) is 0 Å². The number of carbonyl (C=O) groups is 1. The number of aromatic nitrogens is 4. The maximum atomic E-state index is 12.6. The van der Waals surface area contributed by atoms with Crippen LogP contribution in [-0.4, -0.2) is 37.2 Å². The van der Waals surface area contributed by atoms with E-state index in [1.165, 1.54) is 0 Å². The van der Waals surface area contributed by atoms with Crippen LogP contribution in [0.2, 0.25) is 0 Å². The Hall–Kier alpha value is -2.89. The number of nitrogens with zero attached hydrogens (tertiary/aromatic N) is 5. The fourth-order valence-corrected chi connectivity index (χ4v) is 2.69. The molecule has 1 amide bonds. The molecule has 2 aromatic heterocycles. The summed E-state index contributed by atoms with van der Waals surface area (Å²) >= 11 is 0. The van der Waals surface area contributed by atoms with Crippen LogP contribution in [0.5, 0.6) is 0 Å². The molecule has 0 N–H and O–H groups in total. The van der Waals surface area contributed by atoms with Crippen LogP contribution < -0.4 is 0 Å². The lowest BCUT2D eigenvalue weighted by molar-refractivity contribution is 0.0780. The van der Waals surface area contributed by atoms with Crippen LogP contribution in [0.25, 0.3) is 5.69 Å². The van der Waals surface area contributed by atoms with Gasteiger partial charge in [0.05, 0.1) is 17.9 Å². The van der Waals surface area contributed by atoms with Gasteiger partial charge in [0.25, 0.3) is 5.91 Å². The SMILES string of the molecule is Cc1cc(C)n(-c2ccc(C(=O)N(C)Cc3nccn3C)cc2)n1. The average molecular weight is 323 g/mol. The van der Waals surface area contributed by atoms with E-state index in [9.17, 15) is 4.79 Å². The highest BCUT2D eigenvalue weighted by Crippen LogP contribution is 2.14. The zero-order valence-corrected chi connectivity index (χ0v) is 14.4. The van der Waals surface area contributed by atoms with Crippen LogP contribution in [0.1, 0.15) is 27.6 Å². The normalized spacial score (nSPS) is 10.8. The topological polar surface area (TPSA) is 56.0 Å². The minimum absolute atomic E-state index is 0.0297. The van der Waals surface area contributed by atoms with Gasteiger partial charge in [-0.05, 0) is 44.2 Å².